The molecule has 0 unspecified atom stereocenters. The van der Waals surface area contributed by atoms with Gasteiger partial charge in [-0.3, -0.25) is 14.5 Å². The summed E-state index contributed by atoms with van der Waals surface area (Å²) in [5.41, 5.74) is 2.53. The molecular formula is C25H35N3O3S2. The van der Waals surface area contributed by atoms with E-state index in [2.05, 4.69) is 9.88 Å². The van der Waals surface area contributed by atoms with Gasteiger partial charge in [0.05, 0.1) is 18.6 Å². The molecule has 0 bridgehead atoms. The number of nitrogens with one attached hydrogen (secondary N) is 1. The van der Waals surface area contributed by atoms with Gasteiger partial charge in [0.15, 0.2) is 0 Å². The molecular weight excluding hydrogens is 454 g/mol. The van der Waals surface area contributed by atoms with Crippen LogP contribution in [0.1, 0.15) is 31.0 Å². The largest absolute Gasteiger partial charge is 0.392 e. The molecule has 1 aliphatic heterocycles. The SMILES string of the molecule is C.CN(C(=O)Cc1ccc2ccc(=O)[nH]c2c1)[C@H](CN1CC[C@H](O)C1)c1ccccc1.S.S. The van der Waals surface area contributed by atoms with Gasteiger partial charge < -0.3 is 15.0 Å². The Labute approximate surface area is 209 Å². The third-order valence-electron chi connectivity index (χ3n) is 5.87. The Morgan fingerprint density at radius 2 is 1.85 bits per heavy atom. The number of likely N-dealkylation sites (tertiary alicyclic amines) is 1. The minimum Gasteiger partial charge on any atom is -0.392 e. The van der Waals surface area contributed by atoms with Crippen LogP contribution in [0, 0.1) is 0 Å². The molecule has 2 heterocycles. The van der Waals surface area contributed by atoms with Crippen molar-refractivity contribution >= 4 is 43.8 Å². The number of carbonyl (C=O) groups excluding carboxylic acids is 1. The number of nitrogens with zero attached hydrogens (tertiary/aromatic N) is 2. The van der Waals surface area contributed by atoms with Gasteiger partial charge in [-0.1, -0.05) is 49.9 Å². The number of hydrogen-bond acceptors (Lipinski definition) is 4. The highest BCUT2D eigenvalue weighted by Gasteiger charge is 2.28. The fraction of sp³-hybridized carbons (Fsp3) is 0.360. The van der Waals surface area contributed by atoms with Crippen molar-refractivity contribution in [2.75, 3.05) is 26.7 Å². The zero-order valence-corrected chi connectivity index (χ0v) is 20.1. The van der Waals surface area contributed by atoms with E-state index in [1.165, 1.54) is 6.07 Å². The molecule has 1 amide bonds. The topological polar surface area (TPSA) is 76.6 Å². The summed E-state index contributed by atoms with van der Waals surface area (Å²) in [6.45, 7) is 2.17. The molecule has 4 rings (SSSR count). The molecule has 2 atom stereocenters. The normalized spacial score (nSPS) is 16.2. The monoisotopic (exact) mass is 489 g/mol. The van der Waals surface area contributed by atoms with E-state index in [-0.39, 0.29) is 64.5 Å². The van der Waals surface area contributed by atoms with E-state index in [1.807, 2.05) is 55.6 Å². The van der Waals surface area contributed by atoms with Gasteiger partial charge in [0.25, 0.3) is 0 Å². The number of aromatic nitrogens is 1. The molecule has 1 aliphatic rings. The first-order chi connectivity index (χ1) is 14.5. The molecule has 180 valence electrons. The van der Waals surface area contributed by atoms with Gasteiger partial charge >= 0.3 is 0 Å². The average Bonchev–Trinajstić information content (AvgIpc) is 3.16. The van der Waals surface area contributed by atoms with Gasteiger partial charge in [0.1, 0.15) is 0 Å². The quantitative estimate of drug-likeness (QED) is 0.558. The Bertz CT molecular complexity index is 1090. The second-order valence-electron chi connectivity index (χ2n) is 8.05. The van der Waals surface area contributed by atoms with Crippen LogP contribution in [0.2, 0.25) is 0 Å². The predicted molar refractivity (Wildman–Crippen MR) is 145 cm³/mol. The van der Waals surface area contributed by atoms with E-state index in [1.54, 1.807) is 11.0 Å². The highest BCUT2D eigenvalue weighted by atomic mass is 32.1. The zero-order valence-electron chi connectivity index (χ0n) is 18.1. The van der Waals surface area contributed by atoms with Gasteiger partial charge in [0, 0.05) is 38.3 Å². The third-order valence-corrected chi connectivity index (χ3v) is 5.87. The Balaban J connectivity index is 0.00000181. The van der Waals surface area contributed by atoms with Gasteiger partial charge in [-0.25, -0.2) is 0 Å². The number of β-amino-alcohol motifs (C(OH)–C–C–N with tert-alkyl or cyclic N) is 1. The maximum Gasteiger partial charge on any atom is 0.248 e. The van der Waals surface area contributed by atoms with Crippen molar-refractivity contribution in [2.24, 2.45) is 0 Å². The lowest BCUT2D eigenvalue weighted by Crippen LogP contribution is -2.39. The lowest BCUT2D eigenvalue weighted by molar-refractivity contribution is -0.131. The number of hydrogen-bond donors (Lipinski definition) is 2. The third kappa shape index (κ3) is 7.11. The first-order valence-corrected chi connectivity index (χ1v) is 10.3. The van der Waals surface area contributed by atoms with Crippen molar-refractivity contribution in [1.82, 2.24) is 14.8 Å². The summed E-state index contributed by atoms with van der Waals surface area (Å²) in [4.78, 5) is 31.6. The molecule has 3 aromatic rings. The summed E-state index contributed by atoms with van der Waals surface area (Å²) in [5.74, 6) is 0.0150. The van der Waals surface area contributed by atoms with Gasteiger partial charge in [0.2, 0.25) is 11.5 Å². The number of pyridine rings is 1. The van der Waals surface area contributed by atoms with Crippen LogP contribution < -0.4 is 5.56 Å². The van der Waals surface area contributed by atoms with E-state index in [0.717, 1.165) is 35.0 Å². The molecule has 2 N–H and O–H groups in total. The van der Waals surface area contributed by atoms with Crippen molar-refractivity contribution < 1.29 is 9.90 Å². The van der Waals surface area contributed by atoms with Crippen LogP contribution in [0.5, 0.6) is 0 Å². The molecule has 0 aliphatic carbocycles. The fourth-order valence-electron chi connectivity index (χ4n) is 4.13. The molecule has 0 spiro atoms. The van der Waals surface area contributed by atoms with Crippen LogP contribution >= 0.6 is 27.0 Å². The molecule has 33 heavy (non-hydrogen) atoms. The van der Waals surface area contributed by atoms with Gasteiger partial charge in [-0.15, -0.1) is 0 Å². The maximum absolute atomic E-state index is 13.2. The van der Waals surface area contributed by atoms with Crippen LogP contribution in [0.4, 0.5) is 0 Å². The van der Waals surface area contributed by atoms with Crippen molar-refractivity contribution in [3.63, 3.8) is 0 Å². The van der Waals surface area contributed by atoms with Gasteiger partial charge in [-0.2, -0.15) is 27.0 Å². The standard InChI is InChI=1S/C24H27N3O3.CH4.2H2S/c1-26(22(19-5-3-2-4-6-19)16-27-12-11-20(28)15-27)24(30)14-17-7-8-18-9-10-23(29)25-21(18)13-17;;;/h2-10,13,20,22,28H,11-12,14-16H2,1H3,(H,25,29);1H4;2*1H2/t20-,22+;;;/m0.../s1. The number of H-pyrrole nitrogens is 1. The molecule has 8 heteroatoms. The summed E-state index contributed by atoms with van der Waals surface area (Å²) < 4.78 is 0. The van der Waals surface area contributed by atoms with Crippen molar-refractivity contribution in [3.05, 3.63) is 82.1 Å². The lowest BCUT2D eigenvalue weighted by Gasteiger charge is -2.32. The minimum atomic E-state index is -0.290. The number of amides is 1. The maximum atomic E-state index is 13.2. The first-order valence-electron chi connectivity index (χ1n) is 10.3. The van der Waals surface area contributed by atoms with E-state index in [0.29, 0.717) is 13.1 Å². The van der Waals surface area contributed by atoms with Crippen LogP contribution in [0.25, 0.3) is 10.9 Å². The van der Waals surface area contributed by atoms with Crippen LogP contribution in [-0.4, -0.2) is 58.6 Å². The molecule has 2 aromatic carbocycles. The van der Waals surface area contributed by atoms with Crippen molar-refractivity contribution in [3.8, 4) is 0 Å². The smallest absolute Gasteiger partial charge is 0.248 e. The summed E-state index contributed by atoms with van der Waals surface area (Å²) in [7, 11) is 1.84. The van der Waals surface area contributed by atoms with Crippen molar-refractivity contribution in [1.29, 1.82) is 0 Å². The number of aliphatic hydroxyl groups is 1. The lowest BCUT2D eigenvalue weighted by atomic mass is 10.0. The predicted octanol–water partition coefficient (Wildman–Crippen LogP) is 3.20. The second-order valence-corrected chi connectivity index (χ2v) is 8.05. The number of benzene rings is 2. The molecule has 0 radical (unpaired) electrons. The van der Waals surface area contributed by atoms with Crippen LogP contribution in [0.3, 0.4) is 0 Å². The number of rotatable bonds is 6. The van der Waals surface area contributed by atoms with E-state index < -0.39 is 0 Å². The second kappa shape index (κ2) is 12.8. The highest BCUT2D eigenvalue weighted by Crippen LogP contribution is 2.24. The molecule has 6 nitrogen and oxygen atoms in total. The Hall–Kier alpha value is -2.26. The van der Waals surface area contributed by atoms with Crippen LogP contribution in [0.15, 0.2) is 65.5 Å². The number of likely N-dealkylation sites (N-methyl/N-ethyl adjacent to an activating group) is 1. The molecule has 1 saturated heterocycles. The van der Waals surface area contributed by atoms with E-state index >= 15 is 0 Å². The number of carbonyl (C=O) groups is 1. The number of fused-ring (bicyclic) bond motifs is 1. The molecule has 1 fully saturated rings. The fourth-order valence-corrected chi connectivity index (χ4v) is 4.13. The minimum absolute atomic E-state index is 0. The summed E-state index contributed by atoms with van der Waals surface area (Å²) >= 11 is 0. The molecule has 1 aromatic heterocycles. The highest BCUT2D eigenvalue weighted by molar-refractivity contribution is 7.59. The van der Waals surface area contributed by atoms with Gasteiger partial charge in [-0.05, 0) is 35.1 Å². The van der Waals surface area contributed by atoms with E-state index in [9.17, 15) is 14.7 Å². The zero-order chi connectivity index (χ0) is 21.1. The number of aromatic amines is 1. The summed E-state index contributed by atoms with van der Waals surface area (Å²) in [5, 5.41) is 10.8. The average molecular weight is 490 g/mol. The molecule has 0 saturated carbocycles. The number of aliphatic hydroxyl groups excluding tert-OH is 1. The van der Waals surface area contributed by atoms with Crippen LogP contribution in [-0.2, 0) is 11.2 Å². The van der Waals surface area contributed by atoms with E-state index in [4.69, 9.17) is 0 Å². The Morgan fingerprint density at radius 1 is 1.15 bits per heavy atom. The Kier molecular flexibility index (Phi) is 11.2. The Morgan fingerprint density at radius 3 is 2.52 bits per heavy atom. The summed E-state index contributed by atoms with van der Waals surface area (Å²) in [6.07, 6.45) is 0.742. The van der Waals surface area contributed by atoms with Crippen molar-refractivity contribution in [2.45, 2.75) is 32.4 Å². The first kappa shape index (κ1) is 28.8. The summed E-state index contributed by atoms with van der Waals surface area (Å²) in [6, 6.07) is 18.9.